The van der Waals surface area contributed by atoms with Crippen LogP contribution in [0.3, 0.4) is 0 Å². The van der Waals surface area contributed by atoms with Gasteiger partial charge in [0.05, 0.1) is 20.3 Å². The van der Waals surface area contributed by atoms with Crippen LogP contribution in [0.1, 0.15) is 15.9 Å². The number of aryl methyl sites for hydroxylation is 1. The highest BCUT2D eigenvalue weighted by atomic mass is 79.9. The zero-order valence-electron chi connectivity index (χ0n) is 11.4. The van der Waals surface area contributed by atoms with Crippen molar-refractivity contribution in [3.8, 4) is 0 Å². The zero-order valence-corrected chi connectivity index (χ0v) is 13.0. The molecule has 2 rings (SSSR count). The number of hydrogen-bond donors (Lipinski definition) is 0. The van der Waals surface area contributed by atoms with Crippen LogP contribution in [-0.2, 0) is 14.3 Å². The van der Waals surface area contributed by atoms with Gasteiger partial charge in [-0.2, -0.15) is 0 Å². The second-order valence-electron chi connectivity index (χ2n) is 4.59. The predicted octanol–water partition coefficient (Wildman–Crippen LogP) is 1.77. The number of nitrogens with zero attached hydrogens (tertiary/aromatic N) is 1. The van der Waals surface area contributed by atoms with Crippen molar-refractivity contribution < 1.29 is 19.1 Å². The minimum Gasteiger partial charge on any atom is -0.467 e. The maximum Gasteiger partial charge on any atom is 0.336 e. The molecule has 0 N–H and O–H groups in total. The van der Waals surface area contributed by atoms with Crippen LogP contribution in [0.15, 0.2) is 22.7 Å². The molecule has 0 saturated carbocycles. The lowest BCUT2D eigenvalue weighted by atomic mass is 10.1. The molecule has 5 nitrogen and oxygen atoms in total. The number of ether oxygens (including phenoxy) is 2. The lowest BCUT2D eigenvalue weighted by molar-refractivity contribution is -0.158. The molecular formula is C14H16BrNO4. The number of hydrogen-bond acceptors (Lipinski definition) is 4. The molecule has 1 aromatic rings. The molecule has 0 spiro atoms. The summed E-state index contributed by atoms with van der Waals surface area (Å²) in [5.74, 6) is -0.547. The van der Waals surface area contributed by atoms with Crippen molar-refractivity contribution in [2.75, 3.05) is 26.8 Å². The first-order valence-electron chi connectivity index (χ1n) is 6.27. The van der Waals surface area contributed by atoms with Crippen molar-refractivity contribution in [2.45, 2.75) is 13.0 Å². The molecule has 20 heavy (non-hydrogen) atoms. The normalized spacial score (nSPS) is 18.8. The number of halogens is 1. The van der Waals surface area contributed by atoms with Gasteiger partial charge in [-0.25, -0.2) is 4.79 Å². The number of carbonyl (C=O) groups excluding carboxylic acids is 2. The van der Waals surface area contributed by atoms with Gasteiger partial charge in [-0.1, -0.05) is 22.0 Å². The summed E-state index contributed by atoms with van der Waals surface area (Å²) in [6.07, 6.45) is -0.704. The van der Waals surface area contributed by atoms with Crippen molar-refractivity contribution in [2.24, 2.45) is 0 Å². The lowest BCUT2D eigenvalue weighted by Crippen LogP contribution is -2.49. The molecule has 1 saturated heterocycles. The SMILES string of the molecule is COC(=O)C1CN(C(=O)c2cc(Br)ccc2C)CCO1. The molecule has 1 aliphatic rings. The predicted molar refractivity (Wildman–Crippen MR) is 76.5 cm³/mol. The van der Waals surface area contributed by atoms with E-state index in [1.54, 1.807) is 11.0 Å². The van der Waals surface area contributed by atoms with E-state index in [1.165, 1.54) is 7.11 Å². The minimum absolute atomic E-state index is 0.0963. The topological polar surface area (TPSA) is 55.8 Å². The van der Waals surface area contributed by atoms with E-state index in [0.717, 1.165) is 10.0 Å². The van der Waals surface area contributed by atoms with Gasteiger partial charge >= 0.3 is 5.97 Å². The third-order valence-corrected chi connectivity index (χ3v) is 3.74. The first-order valence-corrected chi connectivity index (χ1v) is 7.07. The monoisotopic (exact) mass is 341 g/mol. The standard InChI is InChI=1S/C14H16BrNO4/c1-9-3-4-10(15)7-11(9)13(17)16-5-6-20-12(8-16)14(18)19-2/h3-4,7,12H,5-6,8H2,1-2H3. The molecule has 1 atom stereocenters. The van der Waals surface area contributed by atoms with Crippen LogP contribution in [0.2, 0.25) is 0 Å². The largest absolute Gasteiger partial charge is 0.467 e. The summed E-state index contributed by atoms with van der Waals surface area (Å²) in [4.78, 5) is 25.7. The Kier molecular flexibility index (Phi) is 4.77. The van der Waals surface area contributed by atoms with E-state index in [-0.39, 0.29) is 12.5 Å². The fraction of sp³-hybridized carbons (Fsp3) is 0.429. The maximum absolute atomic E-state index is 12.5. The highest BCUT2D eigenvalue weighted by Crippen LogP contribution is 2.19. The summed E-state index contributed by atoms with van der Waals surface area (Å²) in [6.45, 7) is 2.91. The highest BCUT2D eigenvalue weighted by molar-refractivity contribution is 9.10. The van der Waals surface area contributed by atoms with Crippen LogP contribution >= 0.6 is 15.9 Å². The Hall–Kier alpha value is -1.40. The van der Waals surface area contributed by atoms with Crippen LogP contribution in [0.4, 0.5) is 0 Å². The molecule has 1 aliphatic heterocycles. The average molecular weight is 342 g/mol. The Morgan fingerprint density at radius 1 is 1.45 bits per heavy atom. The molecule has 0 aromatic heterocycles. The zero-order chi connectivity index (χ0) is 14.7. The molecule has 1 unspecified atom stereocenters. The number of amides is 1. The van der Waals surface area contributed by atoms with E-state index in [0.29, 0.717) is 18.7 Å². The van der Waals surface area contributed by atoms with Crippen LogP contribution in [0.25, 0.3) is 0 Å². The van der Waals surface area contributed by atoms with Crippen molar-refractivity contribution in [3.05, 3.63) is 33.8 Å². The molecule has 0 aliphatic carbocycles. The van der Waals surface area contributed by atoms with E-state index in [4.69, 9.17) is 4.74 Å². The number of morpholine rings is 1. The van der Waals surface area contributed by atoms with Crippen molar-refractivity contribution in [3.63, 3.8) is 0 Å². The smallest absolute Gasteiger partial charge is 0.336 e. The summed E-state index contributed by atoms with van der Waals surface area (Å²) in [5, 5.41) is 0. The van der Waals surface area contributed by atoms with Crippen LogP contribution in [-0.4, -0.2) is 49.7 Å². The van der Waals surface area contributed by atoms with Gasteiger partial charge < -0.3 is 14.4 Å². The third-order valence-electron chi connectivity index (χ3n) is 3.25. The Labute approximate surface area is 126 Å². The van der Waals surface area contributed by atoms with E-state index >= 15 is 0 Å². The maximum atomic E-state index is 12.5. The third kappa shape index (κ3) is 3.19. The van der Waals surface area contributed by atoms with E-state index < -0.39 is 12.1 Å². The van der Waals surface area contributed by atoms with E-state index in [2.05, 4.69) is 20.7 Å². The van der Waals surface area contributed by atoms with Crippen LogP contribution in [0, 0.1) is 6.92 Å². The Morgan fingerprint density at radius 2 is 2.20 bits per heavy atom. The minimum atomic E-state index is -0.704. The van der Waals surface area contributed by atoms with Gasteiger partial charge in [-0.3, -0.25) is 4.79 Å². The quantitative estimate of drug-likeness (QED) is 0.769. The summed E-state index contributed by atoms with van der Waals surface area (Å²) >= 11 is 3.37. The highest BCUT2D eigenvalue weighted by Gasteiger charge is 2.30. The Balaban J connectivity index is 2.16. The second-order valence-corrected chi connectivity index (χ2v) is 5.51. The van der Waals surface area contributed by atoms with Gasteiger partial charge in [0.1, 0.15) is 0 Å². The van der Waals surface area contributed by atoms with Crippen LogP contribution < -0.4 is 0 Å². The average Bonchev–Trinajstić information content (AvgIpc) is 2.48. The number of carbonyl (C=O) groups is 2. The van der Waals surface area contributed by atoms with Gasteiger partial charge in [0.15, 0.2) is 6.10 Å². The first kappa shape index (κ1) is 15.0. The number of rotatable bonds is 2. The molecule has 1 heterocycles. The van der Waals surface area contributed by atoms with Crippen molar-refractivity contribution in [1.82, 2.24) is 4.90 Å². The van der Waals surface area contributed by atoms with E-state index in [1.807, 2.05) is 19.1 Å². The Bertz CT molecular complexity index is 532. The Morgan fingerprint density at radius 3 is 2.90 bits per heavy atom. The molecule has 0 radical (unpaired) electrons. The van der Waals surface area contributed by atoms with Crippen molar-refractivity contribution >= 4 is 27.8 Å². The number of benzene rings is 1. The fourth-order valence-electron chi connectivity index (χ4n) is 2.10. The summed E-state index contributed by atoms with van der Waals surface area (Å²) in [6, 6.07) is 5.57. The van der Waals surface area contributed by atoms with Crippen LogP contribution in [0.5, 0.6) is 0 Å². The summed E-state index contributed by atoms with van der Waals surface area (Å²) in [5.41, 5.74) is 1.53. The van der Waals surface area contributed by atoms with Gasteiger partial charge in [0.25, 0.3) is 5.91 Å². The van der Waals surface area contributed by atoms with E-state index in [9.17, 15) is 9.59 Å². The fourth-order valence-corrected chi connectivity index (χ4v) is 2.46. The molecule has 108 valence electrons. The van der Waals surface area contributed by atoms with Gasteiger partial charge in [0.2, 0.25) is 0 Å². The second kappa shape index (κ2) is 6.37. The van der Waals surface area contributed by atoms with Crippen molar-refractivity contribution in [1.29, 1.82) is 0 Å². The summed E-state index contributed by atoms with van der Waals surface area (Å²) in [7, 11) is 1.31. The number of methoxy groups -OCH3 is 1. The van der Waals surface area contributed by atoms with Gasteiger partial charge in [-0.15, -0.1) is 0 Å². The first-order chi connectivity index (χ1) is 9.52. The number of esters is 1. The molecule has 1 aromatic carbocycles. The van der Waals surface area contributed by atoms with Gasteiger partial charge in [0, 0.05) is 16.6 Å². The summed E-state index contributed by atoms with van der Waals surface area (Å²) < 4.78 is 10.8. The molecule has 6 heteroatoms. The lowest BCUT2D eigenvalue weighted by Gasteiger charge is -2.31. The molecule has 1 amide bonds. The molecule has 1 fully saturated rings. The molecule has 0 bridgehead atoms. The van der Waals surface area contributed by atoms with Gasteiger partial charge in [-0.05, 0) is 24.6 Å². The molecular weight excluding hydrogens is 326 g/mol.